The Bertz CT molecular complexity index is 537. The van der Waals surface area contributed by atoms with Crippen LogP contribution in [0.25, 0.3) is 0 Å². The van der Waals surface area contributed by atoms with Gasteiger partial charge in [0.05, 0.1) is 9.20 Å². The molecule has 1 aromatic heterocycles. The van der Waals surface area contributed by atoms with Crippen molar-refractivity contribution in [1.29, 1.82) is 0 Å². The van der Waals surface area contributed by atoms with Gasteiger partial charge in [0.25, 0.3) is 0 Å². The van der Waals surface area contributed by atoms with Gasteiger partial charge in [0.1, 0.15) is 4.21 Å². The first-order chi connectivity index (χ1) is 8.19. The summed E-state index contributed by atoms with van der Waals surface area (Å²) in [6, 6.07) is 3.19. The van der Waals surface area contributed by atoms with Crippen molar-refractivity contribution >= 4 is 43.2 Å². The van der Waals surface area contributed by atoms with Crippen LogP contribution in [0.15, 0.2) is 20.1 Å². The normalized spacial score (nSPS) is 12.4. The summed E-state index contributed by atoms with van der Waals surface area (Å²) in [5, 5.41) is 2.51. The Morgan fingerprint density at radius 1 is 1.44 bits per heavy atom. The van der Waals surface area contributed by atoms with Crippen molar-refractivity contribution in [2.24, 2.45) is 5.41 Å². The fourth-order valence-corrected chi connectivity index (χ4v) is 4.47. The highest BCUT2D eigenvalue weighted by atomic mass is 79.9. The molecule has 5 nitrogen and oxygen atoms in total. The van der Waals surface area contributed by atoms with Crippen molar-refractivity contribution in [3.63, 3.8) is 0 Å². The van der Waals surface area contributed by atoms with Gasteiger partial charge < -0.3 is 5.32 Å². The number of rotatable bonds is 5. The zero-order valence-corrected chi connectivity index (χ0v) is 13.5. The topological polar surface area (TPSA) is 75.3 Å². The lowest BCUT2D eigenvalue weighted by atomic mass is 9.93. The molecular weight excluding hydrogens is 340 g/mol. The van der Waals surface area contributed by atoms with Crippen LogP contribution in [0, 0.1) is 5.41 Å². The van der Waals surface area contributed by atoms with Crippen molar-refractivity contribution < 1.29 is 13.2 Å². The summed E-state index contributed by atoms with van der Waals surface area (Å²) in [5.74, 6) is -0.211. The van der Waals surface area contributed by atoms with Crippen LogP contribution in [-0.2, 0) is 14.8 Å². The van der Waals surface area contributed by atoms with Crippen molar-refractivity contribution in [2.45, 2.75) is 18.1 Å². The van der Waals surface area contributed by atoms with E-state index >= 15 is 0 Å². The van der Waals surface area contributed by atoms with Crippen LogP contribution in [0.3, 0.4) is 0 Å². The maximum Gasteiger partial charge on any atom is 0.250 e. The van der Waals surface area contributed by atoms with E-state index in [1.165, 1.54) is 13.1 Å². The molecule has 0 aliphatic rings. The van der Waals surface area contributed by atoms with Gasteiger partial charge >= 0.3 is 0 Å². The predicted octanol–water partition coefficient (Wildman–Crippen LogP) is 1.56. The molecule has 18 heavy (non-hydrogen) atoms. The molecule has 0 aromatic carbocycles. The largest absolute Gasteiger partial charge is 0.359 e. The average molecular weight is 355 g/mol. The second-order valence-electron chi connectivity index (χ2n) is 4.35. The van der Waals surface area contributed by atoms with E-state index in [4.69, 9.17) is 0 Å². The quantitative estimate of drug-likeness (QED) is 0.842. The van der Waals surface area contributed by atoms with Gasteiger partial charge in [0.2, 0.25) is 15.9 Å². The van der Waals surface area contributed by atoms with E-state index in [0.29, 0.717) is 0 Å². The van der Waals surface area contributed by atoms with E-state index in [9.17, 15) is 13.2 Å². The number of halogens is 1. The molecule has 0 atom stereocenters. The van der Waals surface area contributed by atoms with Crippen LogP contribution in [-0.4, -0.2) is 27.9 Å². The summed E-state index contributed by atoms with van der Waals surface area (Å²) >= 11 is 4.34. The molecule has 0 saturated carbocycles. The summed E-state index contributed by atoms with van der Waals surface area (Å²) in [4.78, 5) is 11.5. The Morgan fingerprint density at radius 2 is 2.06 bits per heavy atom. The summed E-state index contributed by atoms with van der Waals surface area (Å²) in [6.45, 7) is 3.40. The van der Waals surface area contributed by atoms with Crippen LogP contribution >= 0.6 is 27.3 Å². The molecule has 0 saturated heterocycles. The molecule has 1 aromatic rings. The minimum atomic E-state index is -3.56. The third kappa shape index (κ3) is 3.78. The van der Waals surface area contributed by atoms with Gasteiger partial charge in [-0.05, 0) is 41.9 Å². The van der Waals surface area contributed by atoms with Crippen molar-refractivity contribution in [2.75, 3.05) is 13.6 Å². The first-order valence-corrected chi connectivity index (χ1v) is 8.25. The van der Waals surface area contributed by atoms with Crippen LogP contribution in [0.1, 0.15) is 13.8 Å². The first kappa shape index (κ1) is 15.6. The van der Waals surface area contributed by atoms with E-state index in [-0.39, 0.29) is 16.7 Å². The summed E-state index contributed by atoms with van der Waals surface area (Å²) < 4.78 is 27.3. The molecule has 0 fully saturated rings. The lowest BCUT2D eigenvalue weighted by Gasteiger charge is -2.22. The van der Waals surface area contributed by atoms with Gasteiger partial charge in [-0.2, -0.15) is 0 Å². The highest BCUT2D eigenvalue weighted by molar-refractivity contribution is 9.11. The molecule has 102 valence electrons. The number of carbonyl (C=O) groups is 1. The van der Waals surface area contributed by atoms with Crippen LogP contribution < -0.4 is 10.0 Å². The number of hydrogen-bond donors (Lipinski definition) is 2. The molecule has 0 aliphatic heterocycles. The SMILES string of the molecule is CNC(=O)C(C)(C)CNS(=O)(=O)c1ccc(Br)s1. The third-order valence-corrected chi connectivity index (χ3v) is 5.88. The van der Waals surface area contributed by atoms with Gasteiger partial charge in [-0.25, -0.2) is 13.1 Å². The Labute approximate surface area is 119 Å². The number of nitrogens with one attached hydrogen (secondary N) is 2. The maximum atomic E-state index is 11.9. The molecule has 0 spiro atoms. The van der Waals surface area contributed by atoms with E-state index in [1.54, 1.807) is 19.9 Å². The second-order valence-corrected chi connectivity index (χ2v) is 8.80. The van der Waals surface area contributed by atoms with Crippen LogP contribution in [0.5, 0.6) is 0 Å². The Balaban J connectivity index is 2.77. The molecule has 0 radical (unpaired) electrons. The zero-order valence-electron chi connectivity index (χ0n) is 10.3. The lowest BCUT2D eigenvalue weighted by molar-refractivity contribution is -0.128. The number of hydrogen-bond acceptors (Lipinski definition) is 4. The Morgan fingerprint density at radius 3 is 2.50 bits per heavy atom. The van der Waals surface area contributed by atoms with Crippen LogP contribution in [0.4, 0.5) is 0 Å². The summed E-state index contributed by atoms with van der Waals surface area (Å²) in [5.41, 5.74) is -0.795. The van der Waals surface area contributed by atoms with Crippen molar-refractivity contribution in [3.05, 3.63) is 15.9 Å². The van der Waals surface area contributed by atoms with Gasteiger partial charge in [-0.3, -0.25) is 4.79 Å². The first-order valence-electron chi connectivity index (χ1n) is 5.16. The van der Waals surface area contributed by atoms with E-state index < -0.39 is 15.4 Å². The minimum Gasteiger partial charge on any atom is -0.359 e. The van der Waals surface area contributed by atoms with Gasteiger partial charge in [0, 0.05) is 13.6 Å². The fraction of sp³-hybridized carbons (Fsp3) is 0.500. The number of amides is 1. The molecule has 1 heterocycles. The molecule has 0 unspecified atom stereocenters. The fourth-order valence-electron chi connectivity index (χ4n) is 1.21. The maximum absolute atomic E-state index is 11.9. The molecule has 0 aliphatic carbocycles. The van der Waals surface area contributed by atoms with E-state index in [0.717, 1.165) is 15.1 Å². The van der Waals surface area contributed by atoms with Gasteiger partial charge in [-0.1, -0.05) is 0 Å². The van der Waals surface area contributed by atoms with E-state index in [2.05, 4.69) is 26.0 Å². The lowest BCUT2D eigenvalue weighted by Crippen LogP contribution is -2.43. The smallest absolute Gasteiger partial charge is 0.250 e. The van der Waals surface area contributed by atoms with Crippen LogP contribution in [0.2, 0.25) is 0 Å². The average Bonchev–Trinajstić information content (AvgIpc) is 2.73. The zero-order chi connectivity index (χ0) is 14.0. The molecule has 8 heteroatoms. The second kappa shape index (κ2) is 5.68. The Hall–Kier alpha value is -0.440. The highest BCUT2D eigenvalue weighted by Gasteiger charge is 2.29. The highest BCUT2D eigenvalue weighted by Crippen LogP contribution is 2.26. The molecule has 0 bridgehead atoms. The summed E-state index contributed by atoms with van der Waals surface area (Å²) in [6.07, 6.45) is 0. The molecule has 1 amide bonds. The summed E-state index contributed by atoms with van der Waals surface area (Å²) in [7, 11) is -2.03. The standard InChI is InChI=1S/C10H15BrN2O3S2/c1-10(2,9(14)12-3)6-13-18(15,16)8-5-4-7(11)17-8/h4-5,13H,6H2,1-3H3,(H,12,14). The molecule has 1 rings (SSSR count). The number of carbonyl (C=O) groups excluding carboxylic acids is 1. The molecule has 2 N–H and O–H groups in total. The van der Waals surface area contributed by atoms with Gasteiger partial charge in [0.15, 0.2) is 0 Å². The predicted molar refractivity (Wildman–Crippen MR) is 75.1 cm³/mol. The number of sulfonamides is 1. The third-order valence-electron chi connectivity index (χ3n) is 2.36. The van der Waals surface area contributed by atoms with E-state index in [1.807, 2.05) is 0 Å². The minimum absolute atomic E-state index is 0.0462. The monoisotopic (exact) mass is 354 g/mol. The molecular formula is C10H15BrN2O3S2. The number of thiophene rings is 1. The van der Waals surface area contributed by atoms with Crippen molar-refractivity contribution in [3.8, 4) is 0 Å². The van der Waals surface area contributed by atoms with Gasteiger partial charge in [-0.15, -0.1) is 11.3 Å². The Kier molecular flexibility index (Phi) is 4.93. The van der Waals surface area contributed by atoms with Crippen molar-refractivity contribution in [1.82, 2.24) is 10.0 Å².